The molecule has 0 saturated heterocycles. The van der Waals surface area contributed by atoms with E-state index in [1.807, 2.05) is 27.7 Å². The molecule has 0 aliphatic carbocycles. The van der Waals surface area contributed by atoms with E-state index in [-0.39, 0.29) is 31.0 Å². The SMILES string of the molecule is CC(C)C[C@H](OC(C)C)C(=O)N[C@@H](CCC(=O)C=[N+]=[N-])C(=O)OC(C)C. The highest BCUT2D eigenvalue weighted by Gasteiger charge is 2.29. The van der Waals surface area contributed by atoms with Gasteiger partial charge in [-0.15, -0.1) is 0 Å². The van der Waals surface area contributed by atoms with Crippen LogP contribution in [-0.4, -0.2) is 53.0 Å². The molecular weight excluding hydrogens is 338 g/mol. The molecule has 148 valence electrons. The zero-order valence-electron chi connectivity index (χ0n) is 16.5. The zero-order chi connectivity index (χ0) is 20.3. The van der Waals surface area contributed by atoms with Gasteiger partial charge in [0.05, 0.1) is 12.2 Å². The highest BCUT2D eigenvalue weighted by molar-refractivity contribution is 6.25. The molecule has 1 amide bonds. The number of ketones is 1. The summed E-state index contributed by atoms with van der Waals surface area (Å²) in [6, 6.07) is -0.980. The Kier molecular flexibility index (Phi) is 11.4. The Balaban J connectivity index is 5.14. The van der Waals surface area contributed by atoms with Gasteiger partial charge in [0.15, 0.2) is 0 Å². The van der Waals surface area contributed by atoms with Crippen molar-refractivity contribution in [2.75, 3.05) is 0 Å². The first-order valence-corrected chi connectivity index (χ1v) is 8.93. The molecular formula is C18H31N3O5. The van der Waals surface area contributed by atoms with E-state index in [0.717, 1.165) is 6.21 Å². The van der Waals surface area contributed by atoms with Crippen LogP contribution in [0.5, 0.6) is 0 Å². The molecule has 2 atom stereocenters. The second-order valence-corrected chi connectivity index (χ2v) is 7.10. The molecule has 0 aliphatic heterocycles. The minimum atomic E-state index is -0.980. The quantitative estimate of drug-likeness (QED) is 0.244. The molecule has 0 unspecified atom stereocenters. The molecule has 0 fully saturated rings. The van der Waals surface area contributed by atoms with Crippen LogP contribution in [0.1, 0.15) is 60.8 Å². The molecule has 26 heavy (non-hydrogen) atoms. The molecule has 8 nitrogen and oxygen atoms in total. The predicted molar refractivity (Wildman–Crippen MR) is 96.5 cm³/mol. The lowest BCUT2D eigenvalue weighted by Gasteiger charge is -2.24. The Labute approximate surface area is 155 Å². The first kappa shape index (κ1) is 23.9. The molecule has 0 aliphatic rings. The molecule has 0 saturated carbocycles. The van der Waals surface area contributed by atoms with Gasteiger partial charge in [0.25, 0.3) is 0 Å². The Morgan fingerprint density at radius 1 is 1.08 bits per heavy atom. The van der Waals surface area contributed by atoms with Crippen molar-refractivity contribution < 1.29 is 28.6 Å². The van der Waals surface area contributed by atoms with Gasteiger partial charge in [0.2, 0.25) is 11.7 Å². The van der Waals surface area contributed by atoms with Crippen LogP contribution in [0.2, 0.25) is 0 Å². The van der Waals surface area contributed by atoms with Crippen molar-refractivity contribution in [1.82, 2.24) is 5.32 Å². The number of carbonyl (C=O) groups excluding carboxylic acids is 3. The summed E-state index contributed by atoms with van der Waals surface area (Å²) >= 11 is 0. The highest BCUT2D eigenvalue weighted by atomic mass is 16.5. The number of esters is 1. The fourth-order valence-electron chi connectivity index (χ4n) is 2.22. The normalized spacial score (nSPS) is 13.3. The van der Waals surface area contributed by atoms with Crippen LogP contribution in [0.4, 0.5) is 0 Å². The van der Waals surface area contributed by atoms with Gasteiger partial charge in [-0.1, -0.05) is 13.8 Å². The highest BCUT2D eigenvalue weighted by Crippen LogP contribution is 2.12. The van der Waals surface area contributed by atoms with Crippen LogP contribution in [0.15, 0.2) is 0 Å². The Morgan fingerprint density at radius 3 is 2.15 bits per heavy atom. The van der Waals surface area contributed by atoms with Crippen molar-refractivity contribution in [2.45, 2.75) is 85.2 Å². The van der Waals surface area contributed by atoms with Crippen molar-refractivity contribution in [1.29, 1.82) is 0 Å². The summed E-state index contributed by atoms with van der Waals surface area (Å²) in [6.45, 7) is 11.0. The van der Waals surface area contributed by atoms with Gasteiger partial charge in [0.1, 0.15) is 12.1 Å². The van der Waals surface area contributed by atoms with Gasteiger partial charge in [-0.2, -0.15) is 4.79 Å². The van der Waals surface area contributed by atoms with Crippen molar-refractivity contribution in [3.05, 3.63) is 5.53 Å². The third kappa shape index (κ3) is 10.7. The smallest absolute Gasteiger partial charge is 0.328 e. The molecule has 0 radical (unpaired) electrons. The number of hydrogen-bond acceptors (Lipinski definition) is 5. The standard InChI is InChI=1S/C18H31N3O5/c1-11(2)9-16(25-12(3)4)17(23)21-15(18(24)26-13(5)6)8-7-14(22)10-20-19/h10-13,15-16H,7-9H2,1-6H3,(H,21,23)/t15-,16-/m0/s1. The molecule has 0 aromatic rings. The average Bonchev–Trinajstić information content (AvgIpc) is 2.49. The number of ether oxygens (including phenoxy) is 2. The number of rotatable bonds is 12. The molecule has 0 heterocycles. The summed E-state index contributed by atoms with van der Waals surface area (Å²) in [5.41, 5.74) is 8.39. The Bertz CT molecular complexity index is 515. The zero-order valence-corrected chi connectivity index (χ0v) is 16.5. The van der Waals surface area contributed by atoms with Gasteiger partial charge < -0.3 is 20.3 Å². The van der Waals surface area contributed by atoms with Gasteiger partial charge >= 0.3 is 12.2 Å². The average molecular weight is 369 g/mol. The van der Waals surface area contributed by atoms with Gasteiger partial charge in [-0.25, -0.2) is 4.79 Å². The molecule has 0 spiro atoms. The largest absolute Gasteiger partial charge is 0.461 e. The van der Waals surface area contributed by atoms with Crippen LogP contribution >= 0.6 is 0 Å². The van der Waals surface area contributed by atoms with E-state index in [1.165, 1.54) is 0 Å². The van der Waals surface area contributed by atoms with E-state index in [1.54, 1.807) is 13.8 Å². The summed E-state index contributed by atoms with van der Waals surface area (Å²) < 4.78 is 10.8. The van der Waals surface area contributed by atoms with Gasteiger partial charge in [-0.05, 0) is 46.5 Å². The van der Waals surface area contributed by atoms with Crippen molar-refractivity contribution in [3.8, 4) is 0 Å². The van der Waals surface area contributed by atoms with Gasteiger partial charge in [-0.3, -0.25) is 9.59 Å². The monoisotopic (exact) mass is 369 g/mol. The molecule has 0 aromatic carbocycles. The molecule has 0 aromatic heterocycles. The maximum absolute atomic E-state index is 12.6. The summed E-state index contributed by atoms with van der Waals surface area (Å²) in [6.07, 6.45) is 0.0459. The third-order valence-corrected chi connectivity index (χ3v) is 3.25. The Morgan fingerprint density at radius 2 is 1.69 bits per heavy atom. The topological polar surface area (TPSA) is 118 Å². The number of amides is 1. The van der Waals surface area contributed by atoms with Crippen molar-refractivity contribution in [3.63, 3.8) is 0 Å². The van der Waals surface area contributed by atoms with Gasteiger partial charge in [0, 0.05) is 6.42 Å². The van der Waals surface area contributed by atoms with Crippen LogP contribution < -0.4 is 5.32 Å². The van der Waals surface area contributed by atoms with E-state index in [9.17, 15) is 14.4 Å². The second kappa shape index (κ2) is 12.3. The second-order valence-electron chi connectivity index (χ2n) is 7.10. The first-order chi connectivity index (χ1) is 12.1. The predicted octanol–water partition coefficient (Wildman–Crippen LogP) is 1.91. The summed E-state index contributed by atoms with van der Waals surface area (Å²) in [5.74, 6) is -1.26. The summed E-state index contributed by atoms with van der Waals surface area (Å²) in [4.78, 5) is 39.0. The van der Waals surface area contributed by atoms with Crippen molar-refractivity contribution >= 4 is 23.9 Å². The number of hydrogen-bond donors (Lipinski definition) is 1. The number of Topliss-reactive ketones (excluding diaryl/α,β-unsaturated/α-hetero) is 1. The number of carbonyl (C=O) groups is 3. The minimum absolute atomic E-state index is 0.0399. The third-order valence-electron chi connectivity index (χ3n) is 3.25. The summed E-state index contributed by atoms with van der Waals surface area (Å²) in [7, 11) is 0. The number of nitrogens with one attached hydrogen (secondary N) is 1. The fraction of sp³-hybridized carbons (Fsp3) is 0.778. The first-order valence-electron chi connectivity index (χ1n) is 8.93. The van der Waals surface area contributed by atoms with E-state index >= 15 is 0 Å². The van der Waals surface area contributed by atoms with Crippen LogP contribution in [-0.2, 0) is 23.9 Å². The minimum Gasteiger partial charge on any atom is -0.461 e. The lowest BCUT2D eigenvalue weighted by atomic mass is 10.0. The molecule has 1 N–H and O–H groups in total. The Hall–Kier alpha value is -2.05. The molecule has 8 heteroatoms. The van der Waals surface area contributed by atoms with E-state index in [4.69, 9.17) is 15.0 Å². The fourth-order valence-corrected chi connectivity index (χ4v) is 2.22. The van der Waals surface area contributed by atoms with Crippen molar-refractivity contribution in [2.24, 2.45) is 5.92 Å². The van der Waals surface area contributed by atoms with E-state index in [2.05, 4.69) is 10.1 Å². The maximum Gasteiger partial charge on any atom is 0.328 e. The summed E-state index contributed by atoms with van der Waals surface area (Å²) in [5, 5.41) is 2.63. The maximum atomic E-state index is 12.6. The lowest BCUT2D eigenvalue weighted by Crippen LogP contribution is -2.48. The number of nitrogens with zero attached hydrogens (tertiary/aromatic N) is 2. The van der Waals surface area contributed by atoms with Crippen LogP contribution in [0.25, 0.3) is 5.53 Å². The van der Waals surface area contributed by atoms with E-state index in [0.29, 0.717) is 6.42 Å². The van der Waals surface area contributed by atoms with Crippen LogP contribution in [0, 0.1) is 5.92 Å². The lowest BCUT2D eigenvalue weighted by molar-refractivity contribution is -0.153. The molecule has 0 rings (SSSR count). The molecule has 0 bridgehead atoms. The van der Waals surface area contributed by atoms with Crippen LogP contribution in [0.3, 0.4) is 0 Å². The van der Waals surface area contributed by atoms with E-state index < -0.39 is 29.8 Å².